The lowest BCUT2D eigenvalue weighted by Crippen LogP contribution is -1.84. The van der Waals surface area contributed by atoms with Gasteiger partial charge in [-0.2, -0.15) is 5.26 Å². The minimum atomic E-state index is 0.604. The van der Waals surface area contributed by atoms with Crippen LogP contribution in [0, 0.1) is 15.1 Å². The van der Waals surface area contributed by atoms with Gasteiger partial charge in [0.25, 0.3) is 0 Å². The van der Waals surface area contributed by atoms with Crippen molar-refractivity contribution in [3.05, 3.63) is 69.7 Å². The van der Waals surface area contributed by atoms with Crippen LogP contribution in [-0.4, -0.2) is 0 Å². The molecule has 0 saturated heterocycles. The van der Waals surface area contributed by atoms with Gasteiger partial charge in [-0.05, 0) is 51.6 Å². The molecule has 0 fully saturated rings. The summed E-state index contributed by atoms with van der Waals surface area (Å²) in [7, 11) is 0. The van der Waals surface area contributed by atoms with Crippen molar-refractivity contribution in [1.82, 2.24) is 0 Å². The van der Waals surface area contributed by atoms with E-state index >= 15 is 0 Å². The average Bonchev–Trinajstić information content (AvgIpc) is 2.89. The van der Waals surface area contributed by atoms with Gasteiger partial charge < -0.3 is 4.42 Å². The molecule has 0 radical (unpaired) electrons. The van der Waals surface area contributed by atoms with Crippen molar-refractivity contribution in [1.29, 1.82) is 5.26 Å². The van der Waals surface area contributed by atoms with Crippen molar-refractivity contribution in [2.75, 3.05) is 0 Å². The molecule has 0 N–H and O–H groups in total. The number of halogens is 1. The van der Waals surface area contributed by atoms with Crippen LogP contribution < -0.4 is 0 Å². The first-order valence-corrected chi connectivity index (χ1v) is 7.21. The predicted molar refractivity (Wildman–Crippen MR) is 88.9 cm³/mol. The number of nitrogens with zero attached hydrogens (tertiary/aromatic N) is 1. The second kappa shape index (κ2) is 5.51. The highest BCUT2D eigenvalue weighted by molar-refractivity contribution is 14.1. The normalized spacial score (nSPS) is 11.5. The Morgan fingerprint density at radius 2 is 1.85 bits per heavy atom. The number of benzene rings is 2. The lowest BCUT2D eigenvalue weighted by molar-refractivity contribution is 0.528. The Morgan fingerprint density at radius 1 is 1.05 bits per heavy atom. The van der Waals surface area contributed by atoms with Gasteiger partial charge in [-0.15, -0.1) is 0 Å². The highest BCUT2D eigenvalue weighted by Gasteiger charge is 2.07. The zero-order valence-corrected chi connectivity index (χ0v) is 12.7. The van der Waals surface area contributed by atoms with Gasteiger partial charge in [-0.25, -0.2) is 0 Å². The molecule has 0 atom stereocenters. The molecule has 2 nitrogen and oxygen atoms in total. The quantitative estimate of drug-likeness (QED) is 0.464. The molecule has 0 amide bonds. The van der Waals surface area contributed by atoms with E-state index in [0.29, 0.717) is 11.3 Å². The fourth-order valence-electron chi connectivity index (χ4n) is 2.18. The molecule has 0 aliphatic heterocycles. The molecule has 20 heavy (non-hydrogen) atoms. The fourth-order valence-corrected chi connectivity index (χ4v) is 2.61. The van der Waals surface area contributed by atoms with E-state index in [1.54, 1.807) is 6.08 Å². The smallest absolute Gasteiger partial charge is 0.164 e. The summed E-state index contributed by atoms with van der Waals surface area (Å²) < 4.78 is 6.32. The number of nitriles is 1. The molecule has 0 spiro atoms. The number of hydrogen-bond acceptors (Lipinski definition) is 2. The van der Waals surface area contributed by atoms with Crippen LogP contribution in [-0.2, 0) is 0 Å². The molecule has 3 heteroatoms. The van der Waals surface area contributed by atoms with Crippen LogP contribution in [0.1, 0.15) is 11.3 Å². The highest BCUT2D eigenvalue weighted by Crippen LogP contribution is 2.26. The fraction of sp³-hybridized carbons (Fsp3) is 0. The highest BCUT2D eigenvalue weighted by atomic mass is 127. The van der Waals surface area contributed by atoms with Gasteiger partial charge in [0.1, 0.15) is 5.76 Å². The van der Waals surface area contributed by atoms with E-state index in [1.807, 2.05) is 54.6 Å². The maximum absolute atomic E-state index is 9.45. The molecule has 2 aromatic carbocycles. The molecule has 0 aliphatic carbocycles. The van der Waals surface area contributed by atoms with Gasteiger partial charge >= 0.3 is 0 Å². The number of furan rings is 1. The van der Waals surface area contributed by atoms with Crippen LogP contribution in [0.25, 0.3) is 22.4 Å². The van der Waals surface area contributed by atoms with E-state index in [1.165, 1.54) is 0 Å². The summed E-state index contributed by atoms with van der Waals surface area (Å²) in [5.41, 5.74) is 1.53. The SMILES string of the molecule is N#C/C(=C\c1ccc(I)o1)c1cccc2ccccc12. The van der Waals surface area contributed by atoms with Crippen molar-refractivity contribution in [3.8, 4) is 6.07 Å². The second-order valence-electron chi connectivity index (χ2n) is 4.34. The number of rotatable bonds is 2. The first-order chi connectivity index (χ1) is 9.78. The van der Waals surface area contributed by atoms with Gasteiger partial charge in [-0.3, -0.25) is 0 Å². The summed E-state index contributed by atoms with van der Waals surface area (Å²) in [5, 5.41) is 11.6. The minimum Gasteiger partial charge on any atom is -0.451 e. The van der Waals surface area contributed by atoms with Crippen molar-refractivity contribution in [2.45, 2.75) is 0 Å². The topological polar surface area (TPSA) is 36.9 Å². The molecular weight excluding hydrogens is 361 g/mol. The average molecular weight is 371 g/mol. The van der Waals surface area contributed by atoms with Crippen LogP contribution in [0.5, 0.6) is 0 Å². The summed E-state index contributed by atoms with van der Waals surface area (Å²) in [6.45, 7) is 0. The van der Waals surface area contributed by atoms with Gasteiger partial charge in [0.15, 0.2) is 3.77 Å². The molecule has 0 saturated carbocycles. The maximum atomic E-state index is 9.45. The van der Waals surface area contributed by atoms with Gasteiger partial charge in [0.2, 0.25) is 0 Å². The summed E-state index contributed by atoms with van der Waals surface area (Å²) in [5.74, 6) is 0.693. The molecule has 96 valence electrons. The monoisotopic (exact) mass is 371 g/mol. The Balaban J connectivity index is 2.18. The van der Waals surface area contributed by atoms with E-state index in [2.05, 4.69) is 28.7 Å². The lowest BCUT2D eigenvalue weighted by Gasteiger charge is -2.04. The number of allylic oxidation sites excluding steroid dienone is 1. The standard InChI is InChI=1S/C17H10INO/c18-17-9-8-14(20-17)10-13(11-19)16-7-3-5-12-4-1-2-6-15(12)16/h1-10H/b13-10+. The van der Waals surface area contributed by atoms with Gasteiger partial charge in [-0.1, -0.05) is 42.5 Å². The molecular formula is C17H10INO. The molecule has 3 rings (SSSR count). The molecule has 0 aliphatic rings. The molecule has 3 aromatic rings. The van der Waals surface area contributed by atoms with E-state index in [-0.39, 0.29) is 0 Å². The Morgan fingerprint density at radius 3 is 2.60 bits per heavy atom. The van der Waals surface area contributed by atoms with E-state index in [4.69, 9.17) is 4.42 Å². The second-order valence-corrected chi connectivity index (χ2v) is 5.40. The maximum Gasteiger partial charge on any atom is 0.164 e. The van der Waals surface area contributed by atoms with Crippen molar-refractivity contribution >= 4 is 45.0 Å². The summed E-state index contributed by atoms with van der Waals surface area (Å²) in [4.78, 5) is 0. The first kappa shape index (κ1) is 12.9. The van der Waals surface area contributed by atoms with Crippen LogP contribution in [0.2, 0.25) is 0 Å². The Bertz CT molecular complexity index is 834. The van der Waals surface area contributed by atoms with E-state index in [9.17, 15) is 5.26 Å². The largest absolute Gasteiger partial charge is 0.451 e. The van der Waals surface area contributed by atoms with Crippen LogP contribution >= 0.6 is 22.6 Å². The Hall–Kier alpha value is -2.06. The Labute approximate surface area is 130 Å². The summed E-state index contributed by atoms with van der Waals surface area (Å²) in [6, 6.07) is 20.0. The van der Waals surface area contributed by atoms with Crippen LogP contribution in [0.4, 0.5) is 0 Å². The zero-order chi connectivity index (χ0) is 13.9. The zero-order valence-electron chi connectivity index (χ0n) is 10.5. The third kappa shape index (κ3) is 2.47. The van der Waals surface area contributed by atoms with Crippen molar-refractivity contribution in [2.24, 2.45) is 0 Å². The lowest BCUT2D eigenvalue weighted by atomic mass is 9.98. The number of hydrogen-bond donors (Lipinski definition) is 0. The Kier molecular flexibility index (Phi) is 3.57. The summed E-state index contributed by atoms with van der Waals surface area (Å²) in [6.07, 6.45) is 1.78. The van der Waals surface area contributed by atoms with Gasteiger partial charge in [0, 0.05) is 5.56 Å². The van der Waals surface area contributed by atoms with Crippen molar-refractivity contribution in [3.63, 3.8) is 0 Å². The molecule has 0 unspecified atom stereocenters. The minimum absolute atomic E-state index is 0.604. The van der Waals surface area contributed by atoms with Gasteiger partial charge in [0.05, 0.1) is 11.6 Å². The molecule has 0 bridgehead atoms. The summed E-state index contributed by atoms with van der Waals surface area (Å²) >= 11 is 2.11. The first-order valence-electron chi connectivity index (χ1n) is 6.13. The third-order valence-electron chi connectivity index (χ3n) is 3.08. The van der Waals surface area contributed by atoms with Crippen LogP contribution in [0.3, 0.4) is 0 Å². The predicted octanol–water partition coefficient (Wildman–Crippen LogP) is 5.10. The number of fused-ring (bicyclic) bond motifs is 1. The third-order valence-corrected chi connectivity index (χ3v) is 3.66. The van der Waals surface area contributed by atoms with Crippen molar-refractivity contribution < 1.29 is 4.42 Å². The van der Waals surface area contributed by atoms with E-state index < -0.39 is 0 Å². The van der Waals surface area contributed by atoms with Crippen LogP contribution in [0.15, 0.2) is 59.0 Å². The molecule has 1 heterocycles. The van der Waals surface area contributed by atoms with E-state index in [0.717, 1.165) is 20.1 Å². The molecule has 1 aromatic heterocycles.